The Labute approximate surface area is 101 Å². The van der Waals surface area contributed by atoms with Gasteiger partial charge in [0.15, 0.2) is 6.29 Å². The van der Waals surface area contributed by atoms with Crippen molar-refractivity contribution >= 4 is 0 Å². The molecule has 0 radical (unpaired) electrons. The summed E-state index contributed by atoms with van der Waals surface area (Å²) in [6.07, 6.45) is 5.67. The fourth-order valence-electron chi connectivity index (χ4n) is 2.35. The Hall–Kier alpha value is -0.0800. The smallest absolute Gasteiger partial charge is 0.161 e. The maximum absolute atomic E-state index is 5.91. The molecule has 0 N–H and O–H groups in total. The van der Waals surface area contributed by atoms with Gasteiger partial charge in [-0.05, 0) is 46.5 Å². The van der Waals surface area contributed by atoms with Crippen LogP contribution in [0.1, 0.15) is 60.3 Å². The Morgan fingerprint density at radius 1 is 0.812 bits per heavy atom. The third-order valence-corrected chi connectivity index (χ3v) is 3.26. The van der Waals surface area contributed by atoms with Gasteiger partial charge in [-0.15, -0.1) is 0 Å². The Kier molecular flexibility index (Phi) is 5.77. The van der Waals surface area contributed by atoms with Crippen molar-refractivity contribution in [1.29, 1.82) is 0 Å². The van der Waals surface area contributed by atoms with Crippen LogP contribution in [0.25, 0.3) is 0 Å². The van der Waals surface area contributed by atoms with E-state index in [1.165, 1.54) is 25.7 Å². The van der Waals surface area contributed by atoms with Crippen LogP contribution >= 0.6 is 0 Å². The van der Waals surface area contributed by atoms with Crippen LogP contribution in [0.4, 0.5) is 0 Å². The van der Waals surface area contributed by atoms with Gasteiger partial charge < -0.3 is 9.47 Å². The molecule has 1 rings (SSSR count). The predicted molar refractivity (Wildman–Crippen MR) is 67.4 cm³/mol. The standard InChI is InChI=1S/C14H28O2/c1-10(2)15-14(16-11(3)4)13-8-6-12(5)7-9-13/h10-14H,6-9H2,1-5H3. The highest BCUT2D eigenvalue weighted by Gasteiger charge is 2.28. The number of hydrogen-bond acceptors (Lipinski definition) is 2. The zero-order valence-electron chi connectivity index (χ0n) is 11.5. The van der Waals surface area contributed by atoms with Crippen molar-refractivity contribution in [2.75, 3.05) is 0 Å². The summed E-state index contributed by atoms with van der Waals surface area (Å²) >= 11 is 0. The average molecular weight is 228 g/mol. The number of ether oxygens (including phenoxy) is 2. The lowest BCUT2D eigenvalue weighted by atomic mass is 9.82. The van der Waals surface area contributed by atoms with Crippen LogP contribution < -0.4 is 0 Å². The first-order chi connectivity index (χ1) is 7.49. The lowest BCUT2D eigenvalue weighted by Crippen LogP contribution is -2.34. The summed E-state index contributed by atoms with van der Waals surface area (Å²) in [6, 6.07) is 0. The Morgan fingerprint density at radius 3 is 1.62 bits per heavy atom. The summed E-state index contributed by atoms with van der Waals surface area (Å²) in [5.41, 5.74) is 0. The molecule has 1 aliphatic carbocycles. The molecule has 1 aliphatic rings. The van der Waals surface area contributed by atoms with Crippen LogP contribution in [0, 0.1) is 11.8 Å². The minimum atomic E-state index is 0.00694. The highest BCUT2D eigenvalue weighted by molar-refractivity contribution is 4.73. The van der Waals surface area contributed by atoms with Crippen molar-refractivity contribution in [3.63, 3.8) is 0 Å². The highest BCUT2D eigenvalue weighted by Crippen LogP contribution is 2.32. The van der Waals surface area contributed by atoms with Crippen LogP contribution in [-0.2, 0) is 9.47 Å². The van der Waals surface area contributed by atoms with E-state index in [1.807, 2.05) is 0 Å². The van der Waals surface area contributed by atoms with E-state index in [0.717, 1.165) is 5.92 Å². The van der Waals surface area contributed by atoms with E-state index < -0.39 is 0 Å². The molecule has 1 fully saturated rings. The van der Waals surface area contributed by atoms with Crippen LogP contribution in [0.3, 0.4) is 0 Å². The Bertz CT molecular complexity index is 171. The topological polar surface area (TPSA) is 18.5 Å². The van der Waals surface area contributed by atoms with Gasteiger partial charge in [0.2, 0.25) is 0 Å². The molecule has 2 nitrogen and oxygen atoms in total. The van der Waals surface area contributed by atoms with Gasteiger partial charge >= 0.3 is 0 Å². The van der Waals surface area contributed by atoms with Gasteiger partial charge in [-0.1, -0.05) is 19.8 Å². The van der Waals surface area contributed by atoms with Gasteiger partial charge in [0.1, 0.15) is 0 Å². The van der Waals surface area contributed by atoms with Crippen LogP contribution in [0.5, 0.6) is 0 Å². The molecule has 16 heavy (non-hydrogen) atoms. The van der Waals surface area contributed by atoms with Crippen LogP contribution in [0.2, 0.25) is 0 Å². The quantitative estimate of drug-likeness (QED) is 0.662. The third kappa shape index (κ3) is 4.84. The largest absolute Gasteiger partial charge is 0.350 e. The SMILES string of the molecule is CC1CCC(C(OC(C)C)OC(C)C)CC1. The summed E-state index contributed by atoms with van der Waals surface area (Å²) in [6.45, 7) is 10.7. The minimum absolute atomic E-state index is 0.00694. The molecular weight excluding hydrogens is 200 g/mol. The van der Waals surface area contributed by atoms with Gasteiger partial charge in [0, 0.05) is 5.92 Å². The van der Waals surface area contributed by atoms with Crippen LogP contribution in [-0.4, -0.2) is 18.5 Å². The second-order valence-electron chi connectivity index (χ2n) is 5.76. The van der Waals surface area contributed by atoms with E-state index in [0.29, 0.717) is 5.92 Å². The third-order valence-electron chi connectivity index (χ3n) is 3.26. The molecular formula is C14H28O2. The van der Waals surface area contributed by atoms with Gasteiger partial charge in [-0.25, -0.2) is 0 Å². The van der Waals surface area contributed by atoms with Gasteiger partial charge in [-0.3, -0.25) is 0 Å². The summed E-state index contributed by atoms with van der Waals surface area (Å²) < 4.78 is 11.8. The first-order valence-corrected chi connectivity index (χ1v) is 6.80. The van der Waals surface area contributed by atoms with Gasteiger partial charge in [0.25, 0.3) is 0 Å². The second kappa shape index (κ2) is 6.61. The molecule has 0 aromatic carbocycles. The normalized spacial score (nSPS) is 27.0. The molecule has 0 aliphatic heterocycles. The van der Waals surface area contributed by atoms with E-state index in [1.54, 1.807) is 0 Å². The molecule has 0 heterocycles. The van der Waals surface area contributed by atoms with E-state index >= 15 is 0 Å². The van der Waals surface area contributed by atoms with Gasteiger partial charge in [-0.2, -0.15) is 0 Å². The maximum Gasteiger partial charge on any atom is 0.161 e. The van der Waals surface area contributed by atoms with Gasteiger partial charge in [0.05, 0.1) is 12.2 Å². The van der Waals surface area contributed by atoms with Crippen molar-refractivity contribution in [1.82, 2.24) is 0 Å². The van der Waals surface area contributed by atoms with Crippen LogP contribution in [0.15, 0.2) is 0 Å². The molecule has 0 bridgehead atoms. The Balaban J connectivity index is 2.47. The van der Waals surface area contributed by atoms with Crippen molar-refractivity contribution in [2.45, 2.75) is 78.8 Å². The summed E-state index contributed by atoms with van der Waals surface area (Å²) in [4.78, 5) is 0. The fraction of sp³-hybridized carbons (Fsp3) is 1.00. The highest BCUT2D eigenvalue weighted by atomic mass is 16.7. The average Bonchev–Trinajstić information content (AvgIpc) is 2.16. The first kappa shape index (κ1) is 14.0. The van der Waals surface area contributed by atoms with Crippen molar-refractivity contribution < 1.29 is 9.47 Å². The number of hydrogen-bond donors (Lipinski definition) is 0. The monoisotopic (exact) mass is 228 g/mol. The number of rotatable bonds is 5. The maximum atomic E-state index is 5.91. The summed E-state index contributed by atoms with van der Waals surface area (Å²) in [7, 11) is 0. The second-order valence-corrected chi connectivity index (χ2v) is 5.76. The molecule has 0 amide bonds. The lowest BCUT2D eigenvalue weighted by molar-refractivity contribution is -0.212. The first-order valence-electron chi connectivity index (χ1n) is 6.80. The molecule has 0 saturated heterocycles. The summed E-state index contributed by atoms with van der Waals surface area (Å²) in [5, 5.41) is 0. The zero-order chi connectivity index (χ0) is 12.1. The molecule has 0 spiro atoms. The molecule has 0 aromatic heterocycles. The van der Waals surface area contributed by atoms with E-state index in [-0.39, 0.29) is 18.5 Å². The van der Waals surface area contributed by atoms with E-state index in [2.05, 4.69) is 34.6 Å². The lowest BCUT2D eigenvalue weighted by Gasteiger charge is -2.34. The molecule has 96 valence electrons. The predicted octanol–water partition coefficient (Wildman–Crippen LogP) is 3.99. The molecule has 1 saturated carbocycles. The minimum Gasteiger partial charge on any atom is -0.350 e. The molecule has 2 heteroatoms. The molecule has 0 aromatic rings. The van der Waals surface area contributed by atoms with Crippen molar-refractivity contribution in [2.24, 2.45) is 11.8 Å². The van der Waals surface area contributed by atoms with Crippen molar-refractivity contribution in [3.8, 4) is 0 Å². The van der Waals surface area contributed by atoms with Crippen molar-refractivity contribution in [3.05, 3.63) is 0 Å². The molecule has 0 atom stereocenters. The summed E-state index contributed by atoms with van der Waals surface area (Å²) in [5.74, 6) is 1.48. The van der Waals surface area contributed by atoms with E-state index in [9.17, 15) is 0 Å². The molecule has 0 unspecified atom stereocenters. The Morgan fingerprint density at radius 2 is 1.25 bits per heavy atom. The van der Waals surface area contributed by atoms with E-state index in [4.69, 9.17) is 9.47 Å². The zero-order valence-corrected chi connectivity index (χ0v) is 11.5. The fourth-order valence-corrected chi connectivity index (χ4v) is 2.35.